The van der Waals surface area contributed by atoms with Crippen molar-refractivity contribution >= 4 is 43.6 Å². The Morgan fingerprint density at radius 1 is 1.22 bits per heavy atom. The van der Waals surface area contributed by atoms with Gasteiger partial charge in [-0.2, -0.15) is 0 Å². The molecule has 2 N–H and O–H groups in total. The van der Waals surface area contributed by atoms with Crippen molar-refractivity contribution in [3.8, 4) is 5.75 Å². The minimum absolute atomic E-state index is 0.127. The van der Waals surface area contributed by atoms with Gasteiger partial charge in [0.05, 0.1) is 12.7 Å². The standard InChI is InChI=1S/C16H17Br2N3O2/c1-23-12-4-5-14(18)13(9-12)16(22)20-8-2-7-19-15-6-3-11(17)10-21-15/h3-6,9-10H,2,7-8H2,1H3,(H,19,21)(H,20,22). The number of nitrogens with zero attached hydrogens (tertiary/aromatic N) is 1. The monoisotopic (exact) mass is 441 g/mol. The average Bonchev–Trinajstić information content (AvgIpc) is 2.56. The molecule has 2 aromatic rings. The van der Waals surface area contributed by atoms with E-state index >= 15 is 0 Å². The smallest absolute Gasteiger partial charge is 0.252 e. The summed E-state index contributed by atoms with van der Waals surface area (Å²) in [6.45, 7) is 1.31. The number of amides is 1. The minimum Gasteiger partial charge on any atom is -0.497 e. The Hall–Kier alpha value is -1.60. The lowest BCUT2D eigenvalue weighted by Gasteiger charge is -2.09. The summed E-state index contributed by atoms with van der Waals surface area (Å²) in [5, 5.41) is 6.10. The lowest BCUT2D eigenvalue weighted by atomic mass is 10.2. The summed E-state index contributed by atoms with van der Waals surface area (Å²) in [6, 6.07) is 9.14. The van der Waals surface area contributed by atoms with E-state index < -0.39 is 0 Å². The van der Waals surface area contributed by atoms with Gasteiger partial charge in [-0.3, -0.25) is 4.79 Å². The van der Waals surface area contributed by atoms with E-state index in [0.29, 0.717) is 17.9 Å². The van der Waals surface area contributed by atoms with Crippen molar-refractivity contribution in [3.05, 3.63) is 51.0 Å². The molecule has 2 rings (SSSR count). The lowest BCUT2D eigenvalue weighted by Crippen LogP contribution is -2.26. The molecule has 0 aliphatic heterocycles. The van der Waals surface area contributed by atoms with Gasteiger partial charge in [0.1, 0.15) is 11.6 Å². The molecule has 7 heteroatoms. The molecule has 1 aromatic heterocycles. The van der Waals surface area contributed by atoms with Crippen LogP contribution in [0.2, 0.25) is 0 Å². The molecule has 0 aliphatic carbocycles. The molecule has 5 nitrogen and oxygen atoms in total. The third-order valence-corrected chi connectivity index (χ3v) is 4.25. The molecular weight excluding hydrogens is 426 g/mol. The Balaban J connectivity index is 1.75. The second-order valence-corrected chi connectivity index (χ2v) is 6.51. The van der Waals surface area contributed by atoms with Crippen LogP contribution in [0.25, 0.3) is 0 Å². The number of benzene rings is 1. The maximum Gasteiger partial charge on any atom is 0.252 e. The van der Waals surface area contributed by atoms with Crippen LogP contribution in [0.1, 0.15) is 16.8 Å². The summed E-state index contributed by atoms with van der Waals surface area (Å²) in [5.41, 5.74) is 0.562. The molecule has 0 unspecified atom stereocenters. The van der Waals surface area contributed by atoms with Crippen LogP contribution in [0, 0.1) is 0 Å². The maximum atomic E-state index is 12.2. The van der Waals surface area contributed by atoms with E-state index in [1.807, 2.05) is 12.1 Å². The number of pyridine rings is 1. The van der Waals surface area contributed by atoms with Crippen molar-refractivity contribution in [2.75, 3.05) is 25.5 Å². The largest absolute Gasteiger partial charge is 0.497 e. The molecule has 0 fully saturated rings. The second kappa shape index (κ2) is 8.88. The van der Waals surface area contributed by atoms with Crippen LogP contribution in [0.15, 0.2) is 45.5 Å². The van der Waals surface area contributed by atoms with Gasteiger partial charge >= 0.3 is 0 Å². The molecule has 1 amide bonds. The fourth-order valence-corrected chi connectivity index (χ4v) is 2.55. The van der Waals surface area contributed by atoms with E-state index in [9.17, 15) is 4.79 Å². The Bertz CT molecular complexity index is 663. The molecule has 23 heavy (non-hydrogen) atoms. The van der Waals surface area contributed by atoms with E-state index in [0.717, 1.165) is 27.7 Å². The molecular formula is C16H17Br2N3O2. The van der Waals surface area contributed by atoms with E-state index in [1.54, 1.807) is 31.5 Å². The number of anilines is 1. The summed E-state index contributed by atoms with van der Waals surface area (Å²) in [5.74, 6) is 1.34. The molecule has 0 atom stereocenters. The molecule has 122 valence electrons. The van der Waals surface area contributed by atoms with Crippen LogP contribution >= 0.6 is 31.9 Å². The van der Waals surface area contributed by atoms with Gasteiger partial charge in [-0.25, -0.2) is 4.98 Å². The highest BCUT2D eigenvalue weighted by Crippen LogP contribution is 2.22. The van der Waals surface area contributed by atoms with Crippen LogP contribution in [0.3, 0.4) is 0 Å². The van der Waals surface area contributed by atoms with Gasteiger partial charge in [0.25, 0.3) is 5.91 Å². The zero-order valence-corrected chi connectivity index (χ0v) is 15.8. The number of hydrogen-bond acceptors (Lipinski definition) is 4. The Morgan fingerprint density at radius 3 is 2.74 bits per heavy atom. The van der Waals surface area contributed by atoms with Gasteiger partial charge in [0.2, 0.25) is 0 Å². The van der Waals surface area contributed by atoms with Crippen LogP contribution in [0.4, 0.5) is 5.82 Å². The highest BCUT2D eigenvalue weighted by atomic mass is 79.9. The van der Waals surface area contributed by atoms with E-state index in [4.69, 9.17) is 4.74 Å². The first-order chi connectivity index (χ1) is 11.1. The summed E-state index contributed by atoms with van der Waals surface area (Å²) in [7, 11) is 1.58. The van der Waals surface area contributed by atoms with Gasteiger partial charge in [-0.15, -0.1) is 0 Å². The number of halogens is 2. The van der Waals surface area contributed by atoms with E-state index in [-0.39, 0.29) is 5.91 Å². The fraction of sp³-hybridized carbons (Fsp3) is 0.250. The fourth-order valence-electron chi connectivity index (χ4n) is 1.89. The molecule has 0 radical (unpaired) electrons. The van der Waals surface area contributed by atoms with Crippen LogP contribution in [-0.2, 0) is 0 Å². The number of carbonyl (C=O) groups excluding carboxylic acids is 1. The Morgan fingerprint density at radius 2 is 2.04 bits per heavy atom. The SMILES string of the molecule is COc1ccc(Br)c(C(=O)NCCCNc2ccc(Br)cn2)c1. The molecule has 0 saturated carbocycles. The first-order valence-electron chi connectivity index (χ1n) is 7.07. The summed E-state index contributed by atoms with van der Waals surface area (Å²) in [6.07, 6.45) is 2.54. The van der Waals surface area contributed by atoms with Crippen molar-refractivity contribution in [2.45, 2.75) is 6.42 Å². The average molecular weight is 443 g/mol. The van der Waals surface area contributed by atoms with Crippen molar-refractivity contribution in [1.29, 1.82) is 0 Å². The summed E-state index contributed by atoms with van der Waals surface area (Å²) in [4.78, 5) is 16.4. The molecule has 1 heterocycles. The summed E-state index contributed by atoms with van der Waals surface area (Å²) >= 11 is 6.72. The van der Waals surface area contributed by atoms with Crippen molar-refractivity contribution in [2.24, 2.45) is 0 Å². The van der Waals surface area contributed by atoms with E-state index in [1.165, 1.54) is 0 Å². The van der Waals surface area contributed by atoms with Crippen LogP contribution < -0.4 is 15.4 Å². The molecule has 0 spiro atoms. The minimum atomic E-state index is -0.127. The highest BCUT2D eigenvalue weighted by Gasteiger charge is 2.10. The first kappa shape index (κ1) is 17.7. The van der Waals surface area contributed by atoms with Gasteiger partial charge in [-0.05, 0) is 68.6 Å². The Labute approximate surface area is 152 Å². The second-order valence-electron chi connectivity index (χ2n) is 4.74. The number of ether oxygens (including phenoxy) is 1. The zero-order valence-electron chi connectivity index (χ0n) is 12.6. The zero-order chi connectivity index (χ0) is 16.7. The quantitative estimate of drug-likeness (QED) is 0.639. The van der Waals surface area contributed by atoms with Crippen molar-refractivity contribution < 1.29 is 9.53 Å². The number of carbonyl (C=O) groups is 1. The van der Waals surface area contributed by atoms with Crippen molar-refractivity contribution in [1.82, 2.24) is 10.3 Å². The predicted molar refractivity (Wildman–Crippen MR) is 98.1 cm³/mol. The number of rotatable bonds is 7. The van der Waals surface area contributed by atoms with Gasteiger partial charge in [0.15, 0.2) is 0 Å². The topological polar surface area (TPSA) is 63.2 Å². The van der Waals surface area contributed by atoms with Crippen LogP contribution in [0.5, 0.6) is 5.75 Å². The molecule has 0 saturated heterocycles. The molecule has 0 aliphatic rings. The molecule has 1 aromatic carbocycles. The highest BCUT2D eigenvalue weighted by molar-refractivity contribution is 9.10. The van der Waals surface area contributed by atoms with Gasteiger partial charge in [0, 0.05) is 28.2 Å². The number of aromatic nitrogens is 1. The lowest BCUT2D eigenvalue weighted by molar-refractivity contribution is 0.0952. The van der Waals surface area contributed by atoms with Gasteiger partial charge in [-0.1, -0.05) is 0 Å². The first-order valence-corrected chi connectivity index (χ1v) is 8.66. The number of methoxy groups -OCH3 is 1. The van der Waals surface area contributed by atoms with Crippen molar-refractivity contribution in [3.63, 3.8) is 0 Å². The third kappa shape index (κ3) is 5.51. The number of nitrogens with one attached hydrogen (secondary N) is 2. The summed E-state index contributed by atoms with van der Waals surface area (Å²) < 4.78 is 6.83. The van der Waals surface area contributed by atoms with E-state index in [2.05, 4.69) is 47.5 Å². The normalized spacial score (nSPS) is 10.2. The Kier molecular flexibility index (Phi) is 6.85. The van der Waals surface area contributed by atoms with Gasteiger partial charge < -0.3 is 15.4 Å². The molecule has 0 bridgehead atoms. The van der Waals surface area contributed by atoms with Crippen LogP contribution in [-0.4, -0.2) is 31.1 Å². The number of hydrogen-bond donors (Lipinski definition) is 2. The maximum absolute atomic E-state index is 12.2. The predicted octanol–water partition coefficient (Wildman–Crippen LogP) is 3.85. The third-order valence-electron chi connectivity index (χ3n) is 3.09.